The lowest BCUT2D eigenvalue weighted by atomic mass is 10.0. The number of unbranched alkanes of at least 4 members (excludes halogenated alkanes) is 24. The Morgan fingerprint density at radius 3 is 1.48 bits per heavy atom. The van der Waals surface area contributed by atoms with Crippen molar-refractivity contribution in [3.63, 3.8) is 0 Å². The van der Waals surface area contributed by atoms with Crippen molar-refractivity contribution in [3.8, 4) is 0 Å². The number of carbonyl (C=O) groups excluding carboxylic acids is 2. The monoisotopic (exact) mass is 706 g/mol. The number of rotatable bonds is 39. The molecule has 0 spiro atoms. The summed E-state index contributed by atoms with van der Waals surface area (Å²) in [5.74, 6) is -0.0996. The van der Waals surface area contributed by atoms with E-state index in [2.05, 4.69) is 43.5 Å². The van der Waals surface area contributed by atoms with Gasteiger partial charge < -0.3 is 20.3 Å². The number of esters is 1. The van der Waals surface area contributed by atoms with Gasteiger partial charge in [0.2, 0.25) is 5.91 Å². The number of carbonyl (C=O) groups is 2. The quantitative estimate of drug-likeness (QED) is 0.0336. The first kappa shape index (κ1) is 48.3. The van der Waals surface area contributed by atoms with Crippen LogP contribution in [0.3, 0.4) is 0 Å². The molecule has 2 unspecified atom stereocenters. The third kappa shape index (κ3) is 36.1. The molecule has 0 aliphatic carbocycles. The number of amides is 1. The Labute approximate surface area is 310 Å². The van der Waals surface area contributed by atoms with E-state index in [1.54, 1.807) is 0 Å². The van der Waals surface area contributed by atoms with Crippen molar-refractivity contribution >= 4 is 11.9 Å². The molecule has 0 aliphatic heterocycles. The number of ether oxygens (including phenoxy) is 1. The van der Waals surface area contributed by atoms with Crippen LogP contribution in [-0.2, 0) is 14.3 Å². The molecule has 50 heavy (non-hydrogen) atoms. The highest BCUT2D eigenvalue weighted by Crippen LogP contribution is 2.14. The molecule has 3 N–H and O–H groups in total. The fourth-order valence-electron chi connectivity index (χ4n) is 6.32. The minimum absolute atomic E-state index is 0.0350. The Hall–Kier alpha value is -1.66. The first-order valence-electron chi connectivity index (χ1n) is 21.6. The highest BCUT2D eigenvalue weighted by atomic mass is 16.5. The SMILES string of the molecule is CCCC/C=C\CCCCCCCC(=O)OCCCCC/C=C\CCCCCCCC(=O)NC(CO)C(O)CCCCCCCCCCCC. The summed E-state index contributed by atoms with van der Waals surface area (Å²) in [4.78, 5) is 24.3. The standard InChI is InChI=1S/C44H83NO5/c1-3-5-7-9-11-13-17-22-26-30-34-38-44(49)50-39-35-31-27-23-19-16-15-18-21-25-29-33-37-43(48)45-41(40-46)42(47)36-32-28-24-20-14-12-10-8-6-4-2/h9,11,16,19,41-42,46-47H,3-8,10,12-15,17-18,20-40H2,1-2H3,(H,45,48)/b11-9-,19-16-. The fraction of sp³-hybridized carbons (Fsp3) is 0.864. The van der Waals surface area contributed by atoms with Crippen molar-refractivity contribution in [2.24, 2.45) is 0 Å². The van der Waals surface area contributed by atoms with E-state index in [4.69, 9.17) is 4.74 Å². The Bertz CT molecular complexity index is 782. The summed E-state index contributed by atoms with van der Waals surface area (Å²) in [5.41, 5.74) is 0. The van der Waals surface area contributed by atoms with Crippen molar-refractivity contribution in [3.05, 3.63) is 24.3 Å². The van der Waals surface area contributed by atoms with E-state index >= 15 is 0 Å². The van der Waals surface area contributed by atoms with Crippen molar-refractivity contribution in [1.29, 1.82) is 0 Å². The van der Waals surface area contributed by atoms with Gasteiger partial charge in [-0.1, -0.05) is 154 Å². The van der Waals surface area contributed by atoms with E-state index < -0.39 is 12.1 Å². The molecule has 2 atom stereocenters. The lowest BCUT2D eigenvalue weighted by molar-refractivity contribution is -0.143. The van der Waals surface area contributed by atoms with Gasteiger partial charge in [0, 0.05) is 12.8 Å². The van der Waals surface area contributed by atoms with Gasteiger partial charge in [0.15, 0.2) is 0 Å². The van der Waals surface area contributed by atoms with E-state index in [9.17, 15) is 19.8 Å². The average Bonchev–Trinajstić information content (AvgIpc) is 3.11. The van der Waals surface area contributed by atoms with Crippen LogP contribution in [0, 0.1) is 0 Å². The molecule has 0 radical (unpaired) electrons. The molecule has 1 amide bonds. The highest BCUT2D eigenvalue weighted by molar-refractivity contribution is 5.76. The average molecular weight is 706 g/mol. The summed E-state index contributed by atoms with van der Waals surface area (Å²) in [6, 6.07) is -0.558. The van der Waals surface area contributed by atoms with Gasteiger partial charge in [-0.2, -0.15) is 0 Å². The molecular weight excluding hydrogens is 622 g/mol. The van der Waals surface area contributed by atoms with Crippen molar-refractivity contribution < 1.29 is 24.5 Å². The maximum atomic E-state index is 12.4. The van der Waals surface area contributed by atoms with E-state index in [-0.39, 0.29) is 18.5 Å². The zero-order valence-electron chi connectivity index (χ0n) is 33.1. The molecule has 294 valence electrons. The lowest BCUT2D eigenvalue weighted by Gasteiger charge is -2.22. The Kier molecular flexibility index (Phi) is 38.8. The first-order valence-corrected chi connectivity index (χ1v) is 21.6. The number of allylic oxidation sites excluding steroid dienone is 4. The smallest absolute Gasteiger partial charge is 0.305 e. The zero-order valence-corrected chi connectivity index (χ0v) is 33.1. The Balaban J connectivity index is 3.53. The molecule has 0 heterocycles. The molecule has 0 fully saturated rings. The predicted molar refractivity (Wildman–Crippen MR) is 213 cm³/mol. The molecular formula is C44H83NO5. The number of hydrogen-bond donors (Lipinski definition) is 3. The van der Waals surface area contributed by atoms with Gasteiger partial charge in [-0.05, 0) is 77.0 Å². The van der Waals surface area contributed by atoms with E-state index in [1.165, 1.54) is 109 Å². The van der Waals surface area contributed by atoms with Crippen LogP contribution >= 0.6 is 0 Å². The zero-order chi connectivity index (χ0) is 36.6. The molecule has 0 aliphatic rings. The molecule has 6 nitrogen and oxygen atoms in total. The topological polar surface area (TPSA) is 95.9 Å². The highest BCUT2D eigenvalue weighted by Gasteiger charge is 2.20. The number of aliphatic hydroxyl groups is 2. The molecule has 0 aromatic rings. The van der Waals surface area contributed by atoms with Crippen LogP contribution in [0.2, 0.25) is 0 Å². The van der Waals surface area contributed by atoms with Crippen LogP contribution in [0.5, 0.6) is 0 Å². The molecule has 0 aromatic carbocycles. The third-order valence-electron chi connectivity index (χ3n) is 9.72. The second-order valence-corrected chi connectivity index (χ2v) is 14.7. The summed E-state index contributed by atoms with van der Waals surface area (Å²) in [6.07, 6.45) is 44.1. The maximum absolute atomic E-state index is 12.4. The van der Waals surface area contributed by atoms with Gasteiger partial charge in [-0.3, -0.25) is 9.59 Å². The van der Waals surface area contributed by atoms with Crippen LogP contribution in [0.15, 0.2) is 24.3 Å². The van der Waals surface area contributed by atoms with E-state index in [1.807, 2.05) is 0 Å². The van der Waals surface area contributed by atoms with Gasteiger partial charge in [0.1, 0.15) is 0 Å². The van der Waals surface area contributed by atoms with Crippen LogP contribution in [0.25, 0.3) is 0 Å². The summed E-state index contributed by atoms with van der Waals surface area (Å²) in [5, 5.41) is 23.0. The molecule has 0 aromatic heterocycles. The third-order valence-corrected chi connectivity index (χ3v) is 9.72. The second kappa shape index (κ2) is 40.1. The summed E-state index contributed by atoms with van der Waals surface area (Å²) in [7, 11) is 0. The first-order chi connectivity index (χ1) is 24.5. The van der Waals surface area contributed by atoms with Gasteiger partial charge in [-0.25, -0.2) is 0 Å². The van der Waals surface area contributed by atoms with Gasteiger partial charge >= 0.3 is 5.97 Å². The van der Waals surface area contributed by atoms with Crippen LogP contribution in [-0.4, -0.2) is 47.4 Å². The van der Waals surface area contributed by atoms with E-state index in [0.29, 0.717) is 25.9 Å². The maximum Gasteiger partial charge on any atom is 0.305 e. The number of nitrogens with one attached hydrogen (secondary N) is 1. The number of aliphatic hydroxyl groups excluding tert-OH is 2. The number of hydrogen-bond acceptors (Lipinski definition) is 5. The van der Waals surface area contributed by atoms with E-state index in [0.717, 1.165) is 77.0 Å². The van der Waals surface area contributed by atoms with Gasteiger partial charge in [-0.15, -0.1) is 0 Å². The van der Waals surface area contributed by atoms with Crippen molar-refractivity contribution in [2.45, 2.75) is 231 Å². The normalized spacial score (nSPS) is 13.0. The second-order valence-electron chi connectivity index (χ2n) is 14.7. The summed E-state index contributed by atoms with van der Waals surface area (Å²) in [6.45, 7) is 4.82. The van der Waals surface area contributed by atoms with Crippen molar-refractivity contribution in [2.75, 3.05) is 13.2 Å². The van der Waals surface area contributed by atoms with Crippen LogP contribution in [0.4, 0.5) is 0 Å². The molecule has 0 saturated carbocycles. The predicted octanol–water partition coefficient (Wildman–Crippen LogP) is 12.0. The minimum atomic E-state index is -0.678. The molecule has 0 bridgehead atoms. The Morgan fingerprint density at radius 2 is 0.960 bits per heavy atom. The fourth-order valence-corrected chi connectivity index (χ4v) is 6.32. The largest absolute Gasteiger partial charge is 0.466 e. The molecule has 0 rings (SSSR count). The van der Waals surface area contributed by atoms with Gasteiger partial charge in [0.25, 0.3) is 0 Å². The summed E-state index contributed by atoms with van der Waals surface area (Å²) < 4.78 is 5.40. The molecule has 6 heteroatoms. The van der Waals surface area contributed by atoms with Crippen LogP contribution in [0.1, 0.15) is 219 Å². The minimum Gasteiger partial charge on any atom is -0.466 e. The summed E-state index contributed by atoms with van der Waals surface area (Å²) >= 11 is 0. The van der Waals surface area contributed by atoms with Crippen LogP contribution < -0.4 is 5.32 Å². The molecule has 0 saturated heterocycles. The Morgan fingerprint density at radius 1 is 0.540 bits per heavy atom. The van der Waals surface area contributed by atoms with Gasteiger partial charge in [0.05, 0.1) is 25.4 Å². The lowest BCUT2D eigenvalue weighted by Crippen LogP contribution is -2.45. The van der Waals surface area contributed by atoms with Crippen molar-refractivity contribution in [1.82, 2.24) is 5.32 Å².